The number of carbonyl (C=O) groups is 2. The predicted molar refractivity (Wildman–Crippen MR) is 103 cm³/mol. The Morgan fingerprint density at radius 2 is 1.81 bits per heavy atom. The van der Waals surface area contributed by atoms with E-state index in [9.17, 15) is 9.59 Å². The summed E-state index contributed by atoms with van der Waals surface area (Å²) in [6, 6.07) is 17.4. The molecule has 2 amide bonds. The van der Waals surface area contributed by atoms with E-state index in [1.54, 1.807) is 12.1 Å². The molecule has 0 bridgehead atoms. The zero-order valence-electron chi connectivity index (χ0n) is 15.4. The van der Waals surface area contributed by atoms with Gasteiger partial charge in [0.05, 0.1) is 6.04 Å². The van der Waals surface area contributed by atoms with Crippen molar-refractivity contribution in [3.8, 4) is 0 Å². The lowest BCUT2D eigenvalue weighted by atomic mass is 9.87. The molecule has 0 aliphatic heterocycles. The molecule has 4 heteroatoms. The van der Waals surface area contributed by atoms with Crippen molar-refractivity contribution in [2.75, 3.05) is 7.05 Å². The fourth-order valence-electron chi connectivity index (χ4n) is 3.66. The summed E-state index contributed by atoms with van der Waals surface area (Å²) in [4.78, 5) is 26.8. The van der Waals surface area contributed by atoms with Crippen LogP contribution in [0.3, 0.4) is 0 Å². The molecule has 26 heavy (non-hydrogen) atoms. The number of rotatable bonds is 5. The first-order chi connectivity index (χ1) is 12.6. The molecule has 1 N–H and O–H groups in total. The molecular formula is C22H26N2O2. The van der Waals surface area contributed by atoms with Gasteiger partial charge in [0.25, 0.3) is 5.91 Å². The Bertz CT molecular complexity index is 773. The van der Waals surface area contributed by atoms with Crippen LogP contribution in [-0.2, 0) is 11.2 Å². The lowest BCUT2D eigenvalue weighted by Crippen LogP contribution is -2.39. The Hall–Kier alpha value is -2.62. The van der Waals surface area contributed by atoms with Crippen molar-refractivity contribution in [1.82, 2.24) is 10.2 Å². The van der Waals surface area contributed by atoms with Crippen LogP contribution in [0.4, 0.5) is 0 Å². The summed E-state index contributed by atoms with van der Waals surface area (Å²) in [5, 5.41) is 2.92. The summed E-state index contributed by atoms with van der Waals surface area (Å²) in [7, 11) is 1.88. The summed E-state index contributed by atoms with van der Waals surface area (Å²) >= 11 is 0. The van der Waals surface area contributed by atoms with Gasteiger partial charge in [-0.2, -0.15) is 0 Å². The molecule has 0 unspecified atom stereocenters. The monoisotopic (exact) mass is 350 g/mol. The molecule has 2 atom stereocenters. The van der Waals surface area contributed by atoms with Crippen LogP contribution < -0.4 is 5.32 Å². The molecule has 2 aromatic rings. The van der Waals surface area contributed by atoms with Crippen molar-refractivity contribution in [3.05, 3.63) is 71.3 Å². The van der Waals surface area contributed by atoms with Crippen LogP contribution in [0, 0.1) is 0 Å². The molecule has 0 fully saturated rings. The molecule has 0 radical (unpaired) electrons. The van der Waals surface area contributed by atoms with Gasteiger partial charge < -0.3 is 10.2 Å². The zero-order chi connectivity index (χ0) is 18.5. The first-order valence-electron chi connectivity index (χ1n) is 9.25. The smallest absolute Gasteiger partial charge is 0.251 e. The summed E-state index contributed by atoms with van der Waals surface area (Å²) in [6.07, 6.45) is 3.47. The molecule has 0 aromatic heterocycles. The maximum absolute atomic E-state index is 12.8. The molecule has 0 heterocycles. The molecule has 1 aliphatic rings. The zero-order valence-corrected chi connectivity index (χ0v) is 15.4. The quantitative estimate of drug-likeness (QED) is 0.893. The third kappa shape index (κ3) is 4.13. The fraction of sp³-hybridized carbons (Fsp3) is 0.364. The summed E-state index contributed by atoms with van der Waals surface area (Å²) in [5.74, 6) is -0.0795. The SMILES string of the molecule is C[C@H](CC(=O)N(C)[C@H]1CCCc2ccccc21)NC(=O)c1ccccc1. The van der Waals surface area contributed by atoms with E-state index in [0.717, 1.165) is 19.3 Å². The largest absolute Gasteiger partial charge is 0.349 e. The maximum atomic E-state index is 12.8. The first kappa shape index (κ1) is 18.2. The number of benzene rings is 2. The molecule has 136 valence electrons. The maximum Gasteiger partial charge on any atom is 0.251 e. The van der Waals surface area contributed by atoms with Crippen molar-refractivity contribution < 1.29 is 9.59 Å². The highest BCUT2D eigenvalue weighted by Gasteiger charge is 2.27. The van der Waals surface area contributed by atoms with Gasteiger partial charge in [-0.15, -0.1) is 0 Å². The van der Waals surface area contributed by atoms with Crippen molar-refractivity contribution in [1.29, 1.82) is 0 Å². The van der Waals surface area contributed by atoms with Gasteiger partial charge in [0.15, 0.2) is 0 Å². The lowest BCUT2D eigenvalue weighted by Gasteiger charge is -2.34. The minimum atomic E-state index is -0.212. The van der Waals surface area contributed by atoms with Crippen LogP contribution in [0.25, 0.3) is 0 Å². The Morgan fingerprint density at radius 1 is 1.12 bits per heavy atom. The highest BCUT2D eigenvalue weighted by molar-refractivity contribution is 5.94. The third-order valence-electron chi connectivity index (χ3n) is 5.09. The van der Waals surface area contributed by atoms with Gasteiger partial charge in [-0.25, -0.2) is 0 Å². The number of aryl methyl sites for hydroxylation is 1. The van der Waals surface area contributed by atoms with Crippen molar-refractivity contribution >= 4 is 11.8 Å². The van der Waals surface area contributed by atoms with Crippen LogP contribution in [0.15, 0.2) is 54.6 Å². The molecule has 0 saturated heterocycles. The summed E-state index contributed by atoms with van der Waals surface area (Å²) in [6.45, 7) is 1.88. The van der Waals surface area contributed by atoms with E-state index in [1.165, 1.54) is 11.1 Å². The molecule has 0 spiro atoms. The number of amides is 2. The molecular weight excluding hydrogens is 324 g/mol. The number of carbonyl (C=O) groups excluding carboxylic acids is 2. The van der Waals surface area contributed by atoms with Gasteiger partial charge in [0.1, 0.15) is 0 Å². The van der Waals surface area contributed by atoms with Crippen molar-refractivity contribution in [3.63, 3.8) is 0 Å². The predicted octanol–water partition coefficient (Wildman–Crippen LogP) is 3.73. The number of nitrogens with one attached hydrogen (secondary N) is 1. The second-order valence-corrected chi connectivity index (χ2v) is 7.06. The lowest BCUT2D eigenvalue weighted by molar-refractivity contribution is -0.132. The van der Waals surface area contributed by atoms with E-state index in [-0.39, 0.29) is 23.9 Å². The topological polar surface area (TPSA) is 49.4 Å². The first-order valence-corrected chi connectivity index (χ1v) is 9.25. The van der Waals surface area contributed by atoms with Gasteiger partial charge in [-0.3, -0.25) is 9.59 Å². The van der Waals surface area contributed by atoms with Crippen LogP contribution in [-0.4, -0.2) is 29.8 Å². The molecule has 4 nitrogen and oxygen atoms in total. The number of fused-ring (bicyclic) bond motifs is 1. The van der Waals surface area contributed by atoms with E-state index < -0.39 is 0 Å². The fourth-order valence-corrected chi connectivity index (χ4v) is 3.66. The van der Waals surface area contributed by atoms with E-state index in [4.69, 9.17) is 0 Å². The third-order valence-corrected chi connectivity index (χ3v) is 5.09. The van der Waals surface area contributed by atoms with Gasteiger partial charge in [0, 0.05) is 25.1 Å². The van der Waals surface area contributed by atoms with Crippen LogP contribution in [0.2, 0.25) is 0 Å². The normalized spacial score (nSPS) is 17.1. The van der Waals surface area contributed by atoms with Crippen LogP contribution in [0.1, 0.15) is 53.7 Å². The van der Waals surface area contributed by atoms with Crippen molar-refractivity contribution in [2.24, 2.45) is 0 Å². The summed E-state index contributed by atoms with van der Waals surface area (Å²) in [5.41, 5.74) is 3.21. The molecule has 0 saturated carbocycles. The van der Waals surface area contributed by atoms with Crippen LogP contribution >= 0.6 is 0 Å². The average Bonchev–Trinajstić information content (AvgIpc) is 2.67. The van der Waals surface area contributed by atoms with E-state index in [1.807, 2.05) is 43.1 Å². The molecule has 3 rings (SSSR count). The Balaban J connectivity index is 1.60. The highest BCUT2D eigenvalue weighted by atomic mass is 16.2. The second-order valence-electron chi connectivity index (χ2n) is 7.06. The van der Waals surface area contributed by atoms with Gasteiger partial charge in [0.2, 0.25) is 5.91 Å². The number of hydrogen-bond acceptors (Lipinski definition) is 2. The second kappa shape index (κ2) is 8.17. The van der Waals surface area contributed by atoms with Gasteiger partial charge >= 0.3 is 0 Å². The Morgan fingerprint density at radius 3 is 2.58 bits per heavy atom. The minimum absolute atomic E-state index is 0.0626. The molecule has 1 aliphatic carbocycles. The Labute approximate surface area is 155 Å². The van der Waals surface area contributed by atoms with Gasteiger partial charge in [-0.05, 0) is 49.4 Å². The van der Waals surface area contributed by atoms with E-state index >= 15 is 0 Å². The summed E-state index contributed by atoms with van der Waals surface area (Å²) < 4.78 is 0. The van der Waals surface area contributed by atoms with Crippen LogP contribution in [0.5, 0.6) is 0 Å². The van der Waals surface area contributed by atoms with E-state index in [0.29, 0.717) is 12.0 Å². The standard InChI is InChI=1S/C22H26N2O2/c1-16(23-22(26)18-10-4-3-5-11-18)15-21(25)24(2)20-14-8-12-17-9-6-7-13-19(17)20/h3-7,9-11,13,16,20H,8,12,14-15H2,1-2H3,(H,23,26)/t16-,20+/m1/s1. The average molecular weight is 350 g/mol. The van der Waals surface area contributed by atoms with E-state index in [2.05, 4.69) is 23.5 Å². The van der Waals surface area contributed by atoms with Crippen molar-refractivity contribution in [2.45, 2.75) is 44.7 Å². The number of nitrogens with zero attached hydrogens (tertiary/aromatic N) is 1. The van der Waals surface area contributed by atoms with Gasteiger partial charge in [-0.1, -0.05) is 42.5 Å². The number of hydrogen-bond donors (Lipinski definition) is 1. The molecule has 2 aromatic carbocycles. The highest BCUT2D eigenvalue weighted by Crippen LogP contribution is 2.33. The Kier molecular flexibility index (Phi) is 5.71. The minimum Gasteiger partial charge on any atom is -0.349 e.